The van der Waals surface area contributed by atoms with E-state index in [9.17, 15) is 14.9 Å². The zero-order chi connectivity index (χ0) is 11.4. The molecule has 1 heterocycles. The van der Waals surface area contributed by atoms with Crippen LogP contribution in [0.15, 0.2) is 23.1 Å². The van der Waals surface area contributed by atoms with E-state index in [1.165, 1.54) is 4.57 Å². The molecule has 0 fully saturated rings. The van der Waals surface area contributed by atoms with Crippen LogP contribution in [0.3, 0.4) is 0 Å². The molecular formula is C9H9N3O3. The lowest BCUT2D eigenvalue weighted by atomic mass is 10.2. The van der Waals surface area contributed by atoms with E-state index in [0.29, 0.717) is 0 Å². The summed E-state index contributed by atoms with van der Waals surface area (Å²) in [5.41, 5.74) is -0.498. The molecule has 1 rings (SSSR count). The molecule has 1 atom stereocenters. The molecule has 1 aromatic heterocycles. The minimum absolute atomic E-state index is 0.153. The number of aromatic nitrogens is 1. The quantitative estimate of drug-likeness (QED) is 0.544. The van der Waals surface area contributed by atoms with Gasteiger partial charge < -0.3 is 4.57 Å². The fourth-order valence-electron chi connectivity index (χ4n) is 1.11. The highest BCUT2D eigenvalue weighted by Crippen LogP contribution is 2.07. The van der Waals surface area contributed by atoms with Gasteiger partial charge in [-0.1, -0.05) is 0 Å². The molecule has 0 spiro atoms. The first kappa shape index (κ1) is 10.9. The zero-order valence-electron chi connectivity index (χ0n) is 8.08. The molecule has 78 valence electrons. The Hall–Kier alpha value is -2.16. The van der Waals surface area contributed by atoms with E-state index < -0.39 is 4.92 Å². The molecule has 0 saturated heterocycles. The van der Waals surface area contributed by atoms with Gasteiger partial charge >= 0.3 is 0 Å². The van der Waals surface area contributed by atoms with Crippen molar-refractivity contribution >= 4 is 5.69 Å². The number of hydrogen-bond acceptors (Lipinski definition) is 4. The molecule has 0 radical (unpaired) electrons. The van der Waals surface area contributed by atoms with Crippen molar-refractivity contribution in [1.29, 1.82) is 5.26 Å². The van der Waals surface area contributed by atoms with Crippen LogP contribution in [0.5, 0.6) is 0 Å². The van der Waals surface area contributed by atoms with Crippen molar-refractivity contribution in [3.63, 3.8) is 0 Å². The average Bonchev–Trinajstić information content (AvgIpc) is 2.20. The van der Waals surface area contributed by atoms with Crippen LogP contribution in [-0.4, -0.2) is 9.49 Å². The molecule has 1 aromatic rings. The van der Waals surface area contributed by atoms with E-state index in [1.807, 2.05) is 6.07 Å². The molecule has 0 N–H and O–H groups in total. The maximum Gasteiger partial charge on any atom is 0.285 e. The Labute approximate surface area is 85.5 Å². The molecule has 0 saturated carbocycles. The molecule has 1 unspecified atom stereocenters. The highest BCUT2D eigenvalue weighted by atomic mass is 16.6. The Morgan fingerprint density at radius 1 is 1.67 bits per heavy atom. The Balaban J connectivity index is 3.07. The molecule has 6 nitrogen and oxygen atoms in total. The van der Waals surface area contributed by atoms with Gasteiger partial charge in [0.2, 0.25) is 0 Å². The Bertz CT molecular complexity index is 472. The predicted molar refractivity (Wildman–Crippen MR) is 52.1 cm³/mol. The molecule has 0 aliphatic rings. The van der Waals surface area contributed by atoms with Gasteiger partial charge in [-0.05, 0) is 6.92 Å². The second-order valence-corrected chi connectivity index (χ2v) is 3.17. The number of nitro groups is 1. The van der Waals surface area contributed by atoms with Gasteiger partial charge in [-0.2, -0.15) is 5.26 Å². The lowest BCUT2D eigenvalue weighted by Crippen LogP contribution is -2.21. The van der Waals surface area contributed by atoms with E-state index in [-0.39, 0.29) is 23.7 Å². The summed E-state index contributed by atoms with van der Waals surface area (Å²) in [7, 11) is 0. The van der Waals surface area contributed by atoms with E-state index in [2.05, 4.69) is 0 Å². The van der Waals surface area contributed by atoms with E-state index >= 15 is 0 Å². The highest BCUT2D eigenvalue weighted by Gasteiger charge is 2.09. The number of nitriles is 1. The molecule has 0 amide bonds. The molecule has 0 aliphatic carbocycles. The summed E-state index contributed by atoms with van der Waals surface area (Å²) in [6.07, 6.45) is 1.15. The molecule has 0 aromatic carbocycles. The van der Waals surface area contributed by atoms with Crippen molar-refractivity contribution in [3.05, 3.63) is 38.8 Å². The van der Waals surface area contributed by atoms with Crippen LogP contribution in [0.1, 0.15) is 6.92 Å². The fourth-order valence-corrected chi connectivity index (χ4v) is 1.11. The lowest BCUT2D eigenvalue weighted by molar-refractivity contribution is -0.385. The maximum atomic E-state index is 11.3. The summed E-state index contributed by atoms with van der Waals surface area (Å²) < 4.78 is 1.17. The zero-order valence-corrected chi connectivity index (χ0v) is 8.08. The molecule has 0 aliphatic heterocycles. The third-order valence-electron chi connectivity index (χ3n) is 1.87. The molecule has 15 heavy (non-hydrogen) atoms. The van der Waals surface area contributed by atoms with Gasteiger partial charge in [0.25, 0.3) is 11.2 Å². The number of nitrogens with zero attached hydrogens (tertiary/aromatic N) is 3. The third-order valence-corrected chi connectivity index (χ3v) is 1.87. The van der Waals surface area contributed by atoms with E-state index in [1.54, 1.807) is 6.92 Å². The average molecular weight is 207 g/mol. The van der Waals surface area contributed by atoms with Gasteiger partial charge in [0.15, 0.2) is 0 Å². The first-order valence-electron chi connectivity index (χ1n) is 4.29. The van der Waals surface area contributed by atoms with E-state index in [0.717, 1.165) is 18.3 Å². The molecular weight excluding hydrogens is 198 g/mol. The second kappa shape index (κ2) is 4.37. The van der Waals surface area contributed by atoms with Crippen LogP contribution >= 0.6 is 0 Å². The smallest absolute Gasteiger partial charge is 0.285 e. The molecule has 6 heteroatoms. The van der Waals surface area contributed by atoms with Crippen molar-refractivity contribution < 1.29 is 4.92 Å². The van der Waals surface area contributed by atoms with Crippen molar-refractivity contribution in [2.75, 3.05) is 0 Å². The predicted octanol–water partition coefficient (Wildman–Crippen LogP) is 0.916. The first-order chi connectivity index (χ1) is 7.04. The van der Waals surface area contributed by atoms with Gasteiger partial charge in [0.1, 0.15) is 0 Å². The van der Waals surface area contributed by atoms with Crippen molar-refractivity contribution in [1.82, 2.24) is 4.57 Å². The standard InChI is InChI=1S/C9H9N3O3/c1-7(4-10)5-11-6-8(12(14)15)2-3-9(11)13/h2-3,6-7H,5H2,1H3. The topological polar surface area (TPSA) is 88.9 Å². The summed E-state index contributed by atoms with van der Waals surface area (Å²) in [5, 5.41) is 19.0. The largest absolute Gasteiger partial charge is 0.308 e. The van der Waals surface area contributed by atoms with Gasteiger partial charge in [-0.25, -0.2) is 0 Å². The summed E-state index contributed by atoms with van der Waals surface area (Å²) in [5.74, 6) is -0.357. The summed E-state index contributed by atoms with van der Waals surface area (Å²) >= 11 is 0. The Morgan fingerprint density at radius 3 is 2.87 bits per heavy atom. The molecule has 0 bridgehead atoms. The van der Waals surface area contributed by atoms with Gasteiger partial charge in [-0.15, -0.1) is 0 Å². The van der Waals surface area contributed by atoms with E-state index in [4.69, 9.17) is 5.26 Å². The van der Waals surface area contributed by atoms with Crippen molar-refractivity contribution in [3.8, 4) is 6.07 Å². The van der Waals surface area contributed by atoms with Crippen LogP contribution in [0, 0.1) is 27.4 Å². The van der Waals surface area contributed by atoms with Crippen LogP contribution in [0.2, 0.25) is 0 Å². The van der Waals surface area contributed by atoms with Crippen molar-refractivity contribution in [2.45, 2.75) is 13.5 Å². The number of rotatable bonds is 3. The van der Waals surface area contributed by atoms with Gasteiger partial charge in [0.05, 0.1) is 23.1 Å². The lowest BCUT2D eigenvalue weighted by Gasteiger charge is -2.05. The number of pyridine rings is 1. The SMILES string of the molecule is CC(C#N)Cn1cc([N+](=O)[O-])ccc1=O. The highest BCUT2D eigenvalue weighted by molar-refractivity contribution is 5.24. The van der Waals surface area contributed by atoms with Crippen molar-refractivity contribution in [2.24, 2.45) is 5.92 Å². The summed E-state index contributed by atoms with van der Waals surface area (Å²) in [4.78, 5) is 21.1. The monoisotopic (exact) mass is 207 g/mol. The van der Waals surface area contributed by atoms with Crippen LogP contribution in [0.4, 0.5) is 5.69 Å². The summed E-state index contributed by atoms with van der Waals surface area (Å²) in [6.45, 7) is 1.81. The minimum Gasteiger partial charge on any atom is -0.308 e. The normalized spacial score (nSPS) is 11.7. The minimum atomic E-state index is -0.576. The third kappa shape index (κ3) is 2.64. The van der Waals surface area contributed by atoms with Crippen LogP contribution in [-0.2, 0) is 6.54 Å². The first-order valence-corrected chi connectivity index (χ1v) is 4.29. The van der Waals surface area contributed by atoms with Gasteiger partial charge in [-0.3, -0.25) is 14.9 Å². The van der Waals surface area contributed by atoms with Crippen LogP contribution < -0.4 is 5.56 Å². The maximum absolute atomic E-state index is 11.3. The van der Waals surface area contributed by atoms with Gasteiger partial charge in [0, 0.05) is 18.7 Å². The fraction of sp³-hybridized carbons (Fsp3) is 0.333. The second-order valence-electron chi connectivity index (χ2n) is 3.17. The van der Waals surface area contributed by atoms with Crippen LogP contribution in [0.25, 0.3) is 0 Å². The Kier molecular flexibility index (Phi) is 3.18. The Morgan fingerprint density at radius 2 is 2.33 bits per heavy atom. The summed E-state index contributed by atoms with van der Waals surface area (Å²) in [6, 6.07) is 4.24. The number of hydrogen-bond donors (Lipinski definition) is 0.